The van der Waals surface area contributed by atoms with Gasteiger partial charge in [-0.05, 0) is 53.6 Å². The number of thioether (sulfide) groups is 1. The molecule has 5 rings (SSSR count). The number of halogens is 1. The molecular weight excluding hydrogens is 562 g/mol. The zero-order chi connectivity index (χ0) is 27.7. The van der Waals surface area contributed by atoms with E-state index in [0.29, 0.717) is 16.5 Å². The zero-order valence-corrected chi connectivity index (χ0v) is 22.9. The van der Waals surface area contributed by atoms with Crippen LogP contribution in [-0.2, 0) is 14.9 Å². The first-order valence-corrected chi connectivity index (χ1v) is 14.0. The number of ether oxygens (including phenoxy) is 2. The minimum absolute atomic E-state index is 0.0204. The lowest BCUT2D eigenvalue weighted by Crippen LogP contribution is -2.38. The minimum Gasteiger partial charge on any atom is -0.497 e. The lowest BCUT2D eigenvalue weighted by atomic mass is 10.1. The van der Waals surface area contributed by atoms with Crippen molar-refractivity contribution >= 4 is 62.2 Å². The molecule has 0 unspecified atom stereocenters. The van der Waals surface area contributed by atoms with Crippen molar-refractivity contribution in [2.24, 2.45) is 4.99 Å². The van der Waals surface area contributed by atoms with Gasteiger partial charge in [-0.25, -0.2) is 0 Å². The van der Waals surface area contributed by atoms with Crippen molar-refractivity contribution in [3.05, 3.63) is 93.9 Å². The smallest absolute Gasteiger partial charge is 0.339 e. The molecule has 1 amide bonds. The Hall–Kier alpha value is -4.06. The number of nitrogens with zero attached hydrogens (tertiary/aromatic N) is 2. The van der Waals surface area contributed by atoms with E-state index in [1.807, 2.05) is 35.7 Å². The Morgan fingerprint density at radius 3 is 2.41 bits per heavy atom. The second kappa shape index (κ2) is 10.6. The molecule has 0 aliphatic carbocycles. The predicted octanol–water partition coefficient (Wildman–Crippen LogP) is 5.43. The average Bonchev–Trinajstić information content (AvgIpc) is 3.36. The normalized spacial score (nSPS) is 16.1. The Labute approximate surface area is 234 Å². The Bertz CT molecular complexity index is 1680. The maximum absolute atomic E-state index is 12.9. The van der Waals surface area contributed by atoms with Crippen LogP contribution in [0.5, 0.6) is 17.2 Å². The molecular formula is C27H20ClN3O6S2. The van der Waals surface area contributed by atoms with Gasteiger partial charge in [-0.2, -0.15) is 13.4 Å². The molecule has 0 radical (unpaired) electrons. The number of amidine groups is 2. The Morgan fingerprint density at radius 1 is 1.03 bits per heavy atom. The number of hydrogen-bond donors (Lipinski definition) is 1. The van der Waals surface area contributed by atoms with Gasteiger partial charge in [0.25, 0.3) is 5.91 Å². The molecule has 2 aliphatic heterocycles. The van der Waals surface area contributed by atoms with Crippen LogP contribution in [0.15, 0.2) is 87.6 Å². The van der Waals surface area contributed by atoms with Gasteiger partial charge in [0.05, 0.1) is 30.5 Å². The second-order valence-corrected chi connectivity index (χ2v) is 11.0. The summed E-state index contributed by atoms with van der Waals surface area (Å²) in [5.74, 6) is -0.346. The summed E-state index contributed by atoms with van der Waals surface area (Å²) in [5.41, 5.74) is 2.01. The number of carbonyl (C=O) groups excluding carboxylic acids is 1. The van der Waals surface area contributed by atoms with Gasteiger partial charge in [0.1, 0.15) is 16.5 Å². The van der Waals surface area contributed by atoms with Crippen LogP contribution < -0.4 is 13.7 Å². The van der Waals surface area contributed by atoms with E-state index in [1.54, 1.807) is 4.90 Å². The maximum atomic E-state index is 12.9. The molecule has 0 bridgehead atoms. The highest BCUT2D eigenvalue weighted by molar-refractivity contribution is 8.17. The number of hydrogen-bond acceptors (Lipinski definition) is 8. The monoisotopic (exact) mass is 581 g/mol. The molecule has 9 nitrogen and oxygen atoms in total. The molecule has 0 fully saturated rings. The SMILES string of the molecule is COc1ccc(S(=O)(=O)Oc2c(Cl)cc(/C=C3/C(=N)N4C(c5ccccc5)=CSC4=NC3=O)cc2OC)cc1. The number of rotatable bonds is 7. The summed E-state index contributed by atoms with van der Waals surface area (Å²) >= 11 is 7.69. The van der Waals surface area contributed by atoms with Crippen molar-refractivity contribution in [1.29, 1.82) is 5.41 Å². The maximum Gasteiger partial charge on any atom is 0.339 e. The molecule has 0 spiro atoms. The third-order valence-electron chi connectivity index (χ3n) is 5.79. The number of nitrogens with one attached hydrogen (secondary N) is 1. The number of aliphatic imine (C=N–C) groups is 1. The van der Waals surface area contributed by atoms with Crippen LogP contribution in [0.25, 0.3) is 11.8 Å². The van der Waals surface area contributed by atoms with E-state index in [9.17, 15) is 13.2 Å². The molecule has 1 N–H and O–H groups in total. The molecule has 3 aromatic carbocycles. The topological polar surface area (TPSA) is 118 Å². The Morgan fingerprint density at radius 2 is 1.74 bits per heavy atom. The van der Waals surface area contributed by atoms with E-state index in [-0.39, 0.29) is 32.8 Å². The third kappa shape index (κ3) is 5.16. The average molecular weight is 582 g/mol. The standard InChI is InChI=1S/C27H20ClN3O6S2/c1-35-18-8-10-19(11-9-18)39(33,34)37-24-21(28)13-16(14-23(24)36-2)12-20-25(29)31-22(17-6-4-3-5-7-17)15-38-27(31)30-26(20)32/h3-15,29H,1-2H3/b20-12-,29-25?. The van der Waals surface area contributed by atoms with E-state index in [1.165, 1.54) is 68.5 Å². The molecule has 3 aromatic rings. The molecule has 0 atom stereocenters. The highest BCUT2D eigenvalue weighted by Crippen LogP contribution is 2.40. The van der Waals surface area contributed by atoms with Crippen molar-refractivity contribution in [2.45, 2.75) is 4.90 Å². The lowest BCUT2D eigenvalue weighted by molar-refractivity contribution is -0.114. The summed E-state index contributed by atoms with van der Waals surface area (Å²) in [4.78, 5) is 18.5. The lowest BCUT2D eigenvalue weighted by Gasteiger charge is -2.27. The zero-order valence-electron chi connectivity index (χ0n) is 20.5. The van der Waals surface area contributed by atoms with E-state index in [4.69, 9.17) is 30.7 Å². The minimum atomic E-state index is -4.25. The highest BCUT2D eigenvalue weighted by Gasteiger charge is 2.36. The van der Waals surface area contributed by atoms with Crippen LogP contribution >= 0.6 is 23.4 Å². The summed E-state index contributed by atoms with van der Waals surface area (Å²) in [6.07, 6.45) is 1.45. The van der Waals surface area contributed by atoms with Crippen LogP contribution in [0.1, 0.15) is 11.1 Å². The van der Waals surface area contributed by atoms with Crippen LogP contribution in [0.3, 0.4) is 0 Å². The summed E-state index contributed by atoms with van der Waals surface area (Å²) in [6.45, 7) is 0. The van der Waals surface area contributed by atoms with Crippen molar-refractivity contribution in [3.8, 4) is 17.2 Å². The van der Waals surface area contributed by atoms with Crippen LogP contribution in [0.4, 0.5) is 0 Å². The van der Waals surface area contributed by atoms with Gasteiger partial charge >= 0.3 is 10.1 Å². The van der Waals surface area contributed by atoms with E-state index in [0.717, 1.165) is 11.3 Å². The van der Waals surface area contributed by atoms with Gasteiger partial charge in [-0.1, -0.05) is 53.7 Å². The van der Waals surface area contributed by atoms with E-state index in [2.05, 4.69) is 4.99 Å². The highest BCUT2D eigenvalue weighted by atomic mass is 35.5. The fourth-order valence-electron chi connectivity index (χ4n) is 3.89. The first kappa shape index (κ1) is 26.5. The van der Waals surface area contributed by atoms with Crippen LogP contribution in [0.2, 0.25) is 5.02 Å². The fraction of sp³-hybridized carbons (Fsp3) is 0.0741. The van der Waals surface area contributed by atoms with Gasteiger partial charge in [0, 0.05) is 5.41 Å². The number of benzene rings is 3. The molecule has 0 aromatic heterocycles. The van der Waals surface area contributed by atoms with Crippen molar-refractivity contribution in [2.75, 3.05) is 14.2 Å². The molecule has 2 heterocycles. The fourth-order valence-corrected chi connectivity index (χ4v) is 6.03. The summed E-state index contributed by atoms with van der Waals surface area (Å²) < 4.78 is 41.5. The van der Waals surface area contributed by atoms with Gasteiger partial charge in [-0.15, -0.1) is 0 Å². The van der Waals surface area contributed by atoms with Crippen LogP contribution in [0, 0.1) is 5.41 Å². The molecule has 12 heteroatoms. The summed E-state index contributed by atoms with van der Waals surface area (Å²) in [5, 5.41) is 11.0. The van der Waals surface area contributed by atoms with Gasteiger partial charge in [0.2, 0.25) is 5.75 Å². The molecule has 0 saturated heterocycles. The van der Waals surface area contributed by atoms with E-state index >= 15 is 0 Å². The number of amides is 1. The van der Waals surface area contributed by atoms with Gasteiger partial charge in [0.15, 0.2) is 10.9 Å². The Kier molecular flexibility index (Phi) is 7.21. The Balaban J connectivity index is 1.47. The number of carbonyl (C=O) groups is 1. The number of methoxy groups -OCH3 is 2. The first-order valence-electron chi connectivity index (χ1n) is 11.3. The van der Waals surface area contributed by atoms with Crippen molar-refractivity contribution in [1.82, 2.24) is 4.90 Å². The van der Waals surface area contributed by atoms with Gasteiger partial charge in [-0.3, -0.25) is 15.1 Å². The third-order valence-corrected chi connectivity index (χ3v) is 8.13. The molecule has 0 saturated carbocycles. The number of fused-ring (bicyclic) bond motifs is 1. The molecule has 198 valence electrons. The van der Waals surface area contributed by atoms with Crippen molar-refractivity contribution < 1.29 is 26.9 Å². The summed E-state index contributed by atoms with van der Waals surface area (Å²) in [6, 6.07) is 18.0. The summed E-state index contributed by atoms with van der Waals surface area (Å²) in [7, 11) is -1.45. The largest absolute Gasteiger partial charge is 0.497 e. The molecule has 39 heavy (non-hydrogen) atoms. The second-order valence-electron chi connectivity index (χ2n) is 8.18. The molecule has 2 aliphatic rings. The predicted molar refractivity (Wildman–Crippen MR) is 151 cm³/mol. The van der Waals surface area contributed by atoms with Crippen LogP contribution in [-0.4, -0.2) is 44.4 Å². The van der Waals surface area contributed by atoms with E-state index < -0.39 is 16.0 Å². The first-order chi connectivity index (χ1) is 18.7. The van der Waals surface area contributed by atoms with Gasteiger partial charge < -0.3 is 13.7 Å². The van der Waals surface area contributed by atoms with Crippen molar-refractivity contribution in [3.63, 3.8) is 0 Å². The quantitative estimate of drug-likeness (QED) is 0.290.